The van der Waals surface area contributed by atoms with Crippen molar-refractivity contribution in [1.82, 2.24) is 15.1 Å². The summed E-state index contributed by atoms with van der Waals surface area (Å²) in [6, 6.07) is 6.10. The Morgan fingerprint density at radius 1 is 1.09 bits per heavy atom. The largest absolute Gasteiger partial charge is 0.497 e. The number of nitrogens with one attached hydrogen (secondary N) is 1. The third-order valence-corrected chi connectivity index (χ3v) is 7.59. The van der Waals surface area contributed by atoms with Crippen molar-refractivity contribution in [3.05, 3.63) is 23.8 Å². The lowest BCUT2D eigenvalue weighted by molar-refractivity contribution is -0.123. The number of hydrogen-bond donors (Lipinski definition) is 1. The van der Waals surface area contributed by atoms with Gasteiger partial charge in [-0.3, -0.25) is 14.6 Å². The first kappa shape index (κ1) is 23.3. The number of carbonyl (C=O) groups excluding carboxylic acids is 1. The third-order valence-electron chi connectivity index (χ3n) is 7.59. The maximum Gasteiger partial charge on any atom is 0.234 e. The summed E-state index contributed by atoms with van der Waals surface area (Å²) in [5.74, 6) is 1.80. The molecule has 2 saturated heterocycles. The van der Waals surface area contributed by atoms with E-state index in [1.807, 2.05) is 12.1 Å². The Morgan fingerprint density at radius 2 is 1.88 bits per heavy atom. The summed E-state index contributed by atoms with van der Waals surface area (Å²) >= 11 is 0. The van der Waals surface area contributed by atoms with Crippen LogP contribution in [-0.4, -0.2) is 81.4 Å². The minimum absolute atomic E-state index is 0.0954. The van der Waals surface area contributed by atoms with E-state index < -0.39 is 0 Å². The van der Waals surface area contributed by atoms with E-state index >= 15 is 0 Å². The second-order valence-corrected chi connectivity index (χ2v) is 9.40. The molecule has 1 aliphatic carbocycles. The predicted octanol–water partition coefficient (Wildman–Crippen LogP) is 2.99. The molecule has 7 heteroatoms. The van der Waals surface area contributed by atoms with Crippen molar-refractivity contribution in [3.63, 3.8) is 0 Å². The van der Waals surface area contributed by atoms with Crippen molar-refractivity contribution in [1.29, 1.82) is 0 Å². The summed E-state index contributed by atoms with van der Waals surface area (Å²) in [5.41, 5.74) is 1.20. The van der Waals surface area contributed by atoms with E-state index in [1.54, 1.807) is 14.2 Å². The van der Waals surface area contributed by atoms with E-state index in [4.69, 9.17) is 14.2 Å². The SMILES string of the molecule is COc1ccc(OC)c(C2CCCN2CC(=O)NCC2(N3CCOCC3)CCCCC2)c1. The Labute approximate surface area is 192 Å². The lowest BCUT2D eigenvalue weighted by atomic mass is 9.79. The molecular weight excluding hydrogens is 406 g/mol. The van der Waals surface area contributed by atoms with Crippen LogP contribution in [0.1, 0.15) is 56.6 Å². The molecule has 1 amide bonds. The zero-order valence-electron chi connectivity index (χ0n) is 19.7. The van der Waals surface area contributed by atoms with E-state index in [2.05, 4.69) is 21.2 Å². The number of carbonyl (C=O) groups is 1. The van der Waals surface area contributed by atoms with Crippen LogP contribution in [0.2, 0.25) is 0 Å². The number of methoxy groups -OCH3 is 2. The molecule has 1 atom stereocenters. The summed E-state index contributed by atoms with van der Waals surface area (Å²) < 4.78 is 16.6. The van der Waals surface area contributed by atoms with Gasteiger partial charge in [0, 0.05) is 36.8 Å². The normalized spacial score (nSPS) is 24.2. The highest BCUT2D eigenvalue weighted by Gasteiger charge is 2.39. The molecule has 2 heterocycles. The van der Waals surface area contributed by atoms with Crippen molar-refractivity contribution in [2.45, 2.75) is 56.5 Å². The van der Waals surface area contributed by atoms with Crippen LogP contribution in [0.5, 0.6) is 11.5 Å². The summed E-state index contributed by atoms with van der Waals surface area (Å²) in [7, 11) is 3.38. The fraction of sp³-hybridized carbons (Fsp3) is 0.720. The third kappa shape index (κ3) is 5.21. The Hall–Kier alpha value is -1.83. The maximum atomic E-state index is 13.1. The first-order valence-corrected chi connectivity index (χ1v) is 12.2. The van der Waals surface area contributed by atoms with Gasteiger partial charge < -0.3 is 19.5 Å². The fourth-order valence-corrected chi connectivity index (χ4v) is 5.82. The fourth-order valence-electron chi connectivity index (χ4n) is 5.82. The lowest BCUT2D eigenvalue weighted by Gasteiger charge is -2.48. The van der Waals surface area contributed by atoms with Gasteiger partial charge in [0.25, 0.3) is 0 Å². The van der Waals surface area contributed by atoms with Gasteiger partial charge in [-0.1, -0.05) is 19.3 Å². The number of rotatable bonds is 8. The second-order valence-electron chi connectivity index (χ2n) is 9.40. The Kier molecular flexibility index (Phi) is 7.92. The van der Waals surface area contributed by atoms with E-state index in [1.165, 1.54) is 32.1 Å². The quantitative estimate of drug-likeness (QED) is 0.664. The first-order valence-electron chi connectivity index (χ1n) is 12.2. The van der Waals surface area contributed by atoms with Crippen LogP contribution in [0.4, 0.5) is 0 Å². The number of hydrogen-bond acceptors (Lipinski definition) is 6. The molecule has 1 saturated carbocycles. The number of amides is 1. The number of ether oxygens (including phenoxy) is 3. The topological polar surface area (TPSA) is 63.3 Å². The molecule has 0 aromatic heterocycles. The number of nitrogens with zero attached hydrogens (tertiary/aromatic N) is 2. The van der Waals surface area contributed by atoms with Gasteiger partial charge in [-0.15, -0.1) is 0 Å². The Balaban J connectivity index is 1.40. The number of morpholine rings is 1. The van der Waals surface area contributed by atoms with Crippen molar-refractivity contribution in [2.75, 3.05) is 60.2 Å². The van der Waals surface area contributed by atoms with E-state index in [9.17, 15) is 4.79 Å². The lowest BCUT2D eigenvalue weighted by Crippen LogP contribution is -2.60. The molecule has 0 radical (unpaired) electrons. The highest BCUT2D eigenvalue weighted by atomic mass is 16.5. The van der Waals surface area contributed by atoms with Gasteiger partial charge in [-0.2, -0.15) is 0 Å². The highest BCUT2D eigenvalue weighted by Crippen LogP contribution is 2.39. The van der Waals surface area contributed by atoms with Gasteiger partial charge >= 0.3 is 0 Å². The molecule has 3 aliphatic rings. The molecule has 1 unspecified atom stereocenters. The molecule has 32 heavy (non-hydrogen) atoms. The molecular formula is C25H39N3O4. The van der Waals surface area contributed by atoms with Crippen molar-refractivity contribution < 1.29 is 19.0 Å². The Morgan fingerprint density at radius 3 is 2.59 bits per heavy atom. The highest BCUT2D eigenvalue weighted by molar-refractivity contribution is 5.78. The molecule has 3 fully saturated rings. The van der Waals surface area contributed by atoms with Gasteiger partial charge in [0.15, 0.2) is 0 Å². The smallest absolute Gasteiger partial charge is 0.234 e. The van der Waals surface area contributed by atoms with E-state index in [0.717, 1.165) is 69.3 Å². The first-order chi connectivity index (χ1) is 15.6. The average Bonchev–Trinajstić information content (AvgIpc) is 3.31. The molecule has 1 aromatic rings. The van der Waals surface area contributed by atoms with Crippen LogP contribution in [-0.2, 0) is 9.53 Å². The number of benzene rings is 1. The van der Waals surface area contributed by atoms with Gasteiger partial charge in [-0.05, 0) is 50.4 Å². The second kappa shape index (κ2) is 10.9. The molecule has 7 nitrogen and oxygen atoms in total. The minimum Gasteiger partial charge on any atom is -0.497 e. The molecule has 0 bridgehead atoms. The predicted molar refractivity (Wildman–Crippen MR) is 124 cm³/mol. The van der Waals surface area contributed by atoms with Gasteiger partial charge in [0.1, 0.15) is 11.5 Å². The molecule has 1 N–H and O–H groups in total. The van der Waals surface area contributed by atoms with Gasteiger partial charge in [0.05, 0.1) is 34.0 Å². The van der Waals surface area contributed by atoms with Crippen molar-refractivity contribution in [3.8, 4) is 11.5 Å². The molecule has 0 spiro atoms. The van der Waals surface area contributed by atoms with E-state index in [0.29, 0.717) is 6.54 Å². The summed E-state index contributed by atoms with van der Waals surface area (Å²) in [6.45, 7) is 5.63. The summed E-state index contributed by atoms with van der Waals surface area (Å²) in [6.07, 6.45) is 8.23. The molecule has 178 valence electrons. The van der Waals surface area contributed by atoms with E-state index in [-0.39, 0.29) is 17.5 Å². The monoisotopic (exact) mass is 445 g/mol. The summed E-state index contributed by atoms with van der Waals surface area (Å²) in [5, 5.41) is 3.32. The van der Waals surface area contributed by atoms with Crippen LogP contribution in [0.3, 0.4) is 0 Å². The van der Waals surface area contributed by atoms with Crippen LogP contribution < -0.4 is 14.8 Å². The van der Waals surface area contributed by atoms with Crippen LogP contribution in [0.15, 0.2) is 18.2 Å². The Bertz CT molecular complexity index is 760. The maximum absolute atomic E-state index is 13.1. The van der Waals surface area contributed by atoms with Crippen molar-refractivity contribution >= 4 is 5.91 Å². The van der Waals surface area contributed by atoms with Crippen LogP contribution in [0.25, 0.3) is 0 Å². The zero-order valence-corrected chi connectivity index (χ0v) is 19.7. The van der Waals surface area contributed by atoms with Crippen molar-refractivity contribution in [2.24, 2.45) is 0 Å². The minimum atomic E-state index is 0.0954. The zero-order chi connectivity index (χ0) is 22.4. The van der Waals surface area contributed by atoms with Gasteiger partial charge in [0.2, 0.25) is 5.91 Å². The van der Waals surface area contributed by atoms with Crippen LogP contribution in [0, 0.1) is 0 Å². The number of likely N-dealkylation sites (tertiary alicyclic amines) is 1. The standard InChI is InChI=1S/C25H39N3O4/c1-30-20-8-9-23(31-2)21(17-20)22-7-6-12-27(22)18-24(29)26-19-25(10-4-3-5-11-25)28-13-15-32-16-14-28/h8-9,17,22H,3-7,10-16,18-19H2,1-2H3,(H,26,29). The average molecular weight is 446 g/mol. The van der Waals surface area contributed by atoms with Gasteiger partial charge in [-0.25, -0.2) is 0 Å². The molecule has 4 rings (SSSR count). The molecule has 1 aromatic carbocycles. The van der Waals surface area contributed by atoms with Crippen LogP contribution >= 0.6 is 0 Å². The molecule has 2 aliphatic heterocycles. The summed E-state index contributed by atoms with van der Waals surface area (Å²) in [4.78, 5) is 17.9.